The summed E-state index contributed by atoms with van der Waals surface area (Å²) in [5, 5.41) is 0. The molecule has 1 N–H and O–H groups in total. The third kappa shape index (κ3) is 1.50. The van der Waals surface area contributed by atoms with E-state index in [1.54, 1.807) is 31.2 Å². The molecule has 0 bridgehead atoms. The van der Waals surface area contributed by atoms with Crippen LogP contribution in [0.5, 0.6) is 0 Å². The number of allylic oxidation sites excluding steroid dienone is 2. The number of hydrogen-bond donors (Lipinski definition) is 1. The minimum Gasteiger partial charge on any atom is -0.305 e. The zero-order chi connectivity index (χ0) is 10.8. The van der Waals surface area contributed by atoms with E-state index in [1.807, 2.05) is 6.07 Å². The van der Waals surface area contributed by atoms with E-state index >= 15 is 0 Å². The molecule has 0 saturated heterocycles. The molecule has 1 aromatic carbocycles. The number of carbonyl (C=O) groups excluding carboxylic acids is 1. The van der Waals surface area contributed by atoms with Crippen LogP contribution in [0.1, 0.15) is 11.7 Å². The van der Waals surface area contributed by atoms with Crippen LogP contribution in [-0.2, 0) is 0 Å². The third-order valence-corrected chi connectivity index (χ3v) is 2.12. The lowest BCUT2D eigenvalue weighted by Crippen LogP contribution is -2.22. The van der Waals surface area contributed by atoms with Gasteiger partial charge in [0.15, 0.2) is 0 Å². The number of imidazole rings is 1. The van der Waals surface area contributed by atoms with Gasteiger partial charge in [0.05, 0.1) is 11.0 Å². The van der Waals surface area contributed by atoms with Crippen LogP contribution in [0, 0.1) is 0 Å². The molecule has 0 saturated carbocycles. The molecule has 4 heteroatoms. The fraction of sp³-hybridized carbons (Fsp3) is 0.0909. The van der Waals surface area contributed by atoms with E-state index in [0.29, 0.717) is 11.0 Å². The summed E-state index contributed by atoms with van der Waals surface area (Å²) in [7, 11) is 0. The van der Waals surface area contributed by atoms with Gasteiger partial charge in [-0.1, -0.05) is 18.2 Å². The number of benzene rings is 1. The van der Waals surface area contributed by atoms with Gasteiger partial charge >= 0.3 is 5.69 Å². The van der Waals surface area contributed by atoms with E-state index in [9.17, 15) is 9.59 Å². The van der Waals surface area contributed by atoms with Crippen LogP contribution >= 0.6 is 0 Å². The predicted octanol–water partition coefficient (Wildman–Crippen LogP) is 1.55. The van der Waals surface area contributed by atoms with Crippen LogP contribution < -0.4 is 5.69 Å². The van der Waals surface area contributed by atoms with Crippen LogP contribution in [0.15, 0.2) is 41.2 Å². The number of aromatic nitrogens is 2. The normalized spacial score (nSPS) is 11.3. The van der Waals surface area contributed by atoms with Gasteiger partial charge in [-0.15, -0.1) is 0 Å². The Labute approximate surface area is 85.8 Å². The van der Waals surface area contributed by atoms with E-state index in [4.69, 9.17) is 0 Å². The maximum absolute atomic E-state index is 11.6. The number of nitrogens with one attached hydrogen (secondary N) is 1. The van der Waals surface area contributed by atoms with Crippen molar-refractivity contribution in [2.75, 3.05) is 0 Å². The number of para-hydroxylation sites is 2. The first-order valence-electron chi connectivity index (χ1n) is 4.61. The highest BCUT2D eigenvalue weighted by molar-refractivity contribution is 5.96. The Bertz CT molecular complexity index is 590. The minimum absolute atomic E-state index is 0.333. The van der Waals surface area contributed by atoms with Crippen molar-refractivity contribution < 1.29 is 4.79 Å². The molecule has 0 spiro atoms. The number of hydrogen-bond acceptors (Lipinski definition) is 2. The quantitative estimate of drug-likeness (QED) is 0.713. The van der Waals surface area contributed by atoms with E-state index < -0.39 is 5.69 Å². The number of H-pyrrole nitrogens is 1. The Balaban J connectivity index is 2.74. The van der Waals surface area contributed by atoms with Crippen molar-refractivity contribution in [2.45, 2.75) is 6.92 Å². The average Bonchev–Trinajstić information content (AvgIpc) is 2.54. The van der Waals surface area contributed by atoms with Gasteiger partial charge in [0.25, 0.3) is 5.91 Å². The largest absolute Gasteiger partial charge is 0.333 e. The van der Waals surface area contributed by atoms with Gasteiger partial charge in [-0.25, -0.2) is 9.36 Å². The molecule has 0 atom stereocenters. The Morgan fingerprint density at radius 1 is 1.40 bits per heavy atom. The molecule has 0 aliphatic heterocycles. The number of aromatic amines is 1. The van der Waals surface area contributed by atoms with Crippen LogP contribution in [0.3, 0.4) is 0 Å². The predicted molar refractivity (Wildman–Crippen MR) is 58.0 cm³/mol. The molecule has 0 aliphatic rings. The zero-order valence-electron chi connectivity index (χ0n) is 8.23. The molecule has 1 heterocycles. The van der Waals surface area contributed by atoms with Crippen LogP contribution in [0.4, 0.5) is 0 Å². The van der Waals surface area contributed by atoms with Crippen molar-refractivity contribution in [1.29, 1.82) is 0 Å². The fourth-order valence-corrected chi connectivity index (χ4v) is 1.49. The summed E-state index contributed by atoms with van der Waals surface area (Å²) in [6, 6.07) is 7.09. The Morgan fingerprint density at radius 3 is 2.87 bits per heavy atom. The summed E-state index contributed by atoms with van der Waals surface area (Å²) in [5.41, 5.74) is 0.866. The van der Waals surface area contributed by atoms with Crippen molar-refractivity contribution in [3.63, 3.8) is 0 Å². The number of carbonyl (C=O) groups is 1. The van der Waals surface area contributed by atoms with Crippen molar-refractivity contribution in [3.8, 4) is 0 Å². The van der Waals surface area contributed by atoms with E-state index in [1.165, 1.54) is 6.08 Å². The summed E-state index contributed by atoms with van der Waals surface area (Å²) < 4.78 is 1.12. The van der Waals surface area contributed by atoms with Gasteiger partial charge < -0.3 is 4.98 Å². The second-order valence-corrected chi connectivity index (χ2v) is 3.12. The lowest BCUT2D eigenvalue weighted by atomic mass is 10.3. The Hall–Kier alpha value is -2.10. The Morgan fingerprint density at radius 2 is 2.13 bits per heavy atom. The summed E-state index contributed by atoms with van der Waals surface area (Å²) >= 11 is 0. The van der Waals surface area contributed by atoms with Gasteiger partial charge in [-0.3, -0.25) is 4.79 Å². The first-order valence-corrected chi connectivity index (χ1v) is 4.61. The maximum atomic E-state index is 11.6. The van der Waals surface area contributed by atoms with Crippen molar-refractivity contribution in [2.24, 2.45) is 0 Å². The second-order valence-electron chi connectivity index (χ2n) is 3.12. The van der Waals surface area contributed by atoms with Gasteiger partial charge in [0.1, 0.15) is 0 Å². The molecule has 0 fully saturated rings. The second kappa shape index (κ2) is 3.57. The molecule has 0 unspecified atom stereocenters. The summed E-state index contributed by atoms with van der Waals surface area (Å²) in [4.78, 5) is 25.7. The SMILES string of the molecule is CC=CC(=O)n1c(=O)[nH]c2ccccc21. The molecular weight excluding hydrogens is 192 g/mol. The number of fused-ring (bicyclic) bond motifs is 1. The molecule has 76 valence electrons. The molecule has 0 aliphatic carbocycles. The smallest absolute Gasteiger partial charge is 0.305 e. The van der Waals surface area contributed by atoms with Crippen molar-refractivity contribution in [1.82, 2.24) is 9.55 Å². The first-order chi connectivity index (χ1) is 7.24. The van der Waals surface area contributed by atoms with E-state index in [2.05, 4.69) is 4.98 Å². The lowest BCUT2D eigenvalue weighted by Gasteiger charge is -1.95. The van der Waals surface area contributed by atoms with Crippen LogP contribution in [0.25, 0.3) is 11.0 Å². The number of rotatable bonds is 1. The summed E-state index contributed by atoms with van der Waals surface area (Å²) in [6.45, 7) is 1.73. The van der Waals surface area contributed by atoms with Gasteiger partial charge in [-0.2, -0.15) is 0 Å². The Kier molecular flexibility index (Phi) is 2.25. The van der Waals surface area contributed by atoms with E-state index in [0.717, 1.165) is 4.57 Å². The summed E-state index contributed by atoms with van der Waals surface area (Å²) in [5.74, 6) is -0.333. The molecule has 0 radical (unpaired) electrons. The molecule has 2 aromatic rings. The average molecular weight is 202 g/mol. The third-order valence-electron chi connectivity index (χ3n) is 2.12. The highest BCUT2D eigenvalue weighted by Gasteiger charge is 2.09. The molecule has 4 nitrogen and oxygen atoms in total. The van der Waals surface area contributed by atoms with E-state index in [-0.39, 0.29) is 5.91 Å². The highest BCUT2D eigenvalue weighted by Crippen LogP contribution is 2.08. The van der Waals surface area contributed by atoms with Gasteiger partial charge in [0, 0.05) is 0 Å². The highest BCUT2D eigenvalue weighted by atomic mass is 16.2. The van der Waals surface area contributed by atoms with Gasteiger partial charge in [-0.05, 0) is 25.1 Å². The monoisotopic (exact) mass is 202 g/mol. The first kappa shape index (κ1) is 9.45. The molecule has 0 amide bonds. The minimum atomic E-state index is -0.403. The molecule has 1 aromatic heterocycles. The fourth-order valence-electron chi connectivity index (χ4n) is 1.49. The van der Waals surface area contributed by atoms with Crippen molar-refractivity contribution in [3.05, 3.63) is 46.9 Å². The summed E-state index contributed by atoms with van der Waals surface area (Å²) in [6.07, 6.45) is 2.97. The standard InChI is InChI=1S/C11H10N2O2/c1-2-5-10(14)13-9-7-4-3-6-8(9)12-11(13)15/h2-7H,1H3,(H,12,15). The molecule has 15 heavy (non-hydrogen) atoms. The number of nitrogens with zero attached hydrogens (tertiary/aromatic N) is 1. The van der Waals surface area contributed by atoms with Crippen LogP contribution in [-0.4, -0.2) is 15.5 Å². The zero-order valence-corrected chi connectivity index (χ0v) is 8.23. The maximum Gasteiger partial charge on any atom is 0.333 e. The molecular formula is C11H10N2O2. The molecule has 2 rings (SSSR count). The topological polar surface area (TPSA) is 54.9 Å². The van der Waals surface area contributed by atoms with Crippen LogP contribution in [0.2, 0.25) is 0 Å². The lowest BCUT2D eigenvalue weighted by molar-refractivity contribution is 0.0970. The van der Waals surface area contributed by atoms with Gasteiger partial charge in [0.2, 0.25) is 0 Å². The van der Waals surface area contributed by atoms with Crippen molar-refractivity contribution >= 4 is 16.9 Å².